The molecule has 8 heteroatoms. The first-order valence-electron chi connectivity index (χ1n) is 11.6. The van der Waals surface area contributed by atoms with Gasteiger partial charge in [-0.3, -0.25) is 4.79 Å². The SMILES string of the molecule is COc1ccc(N2CCN(C(=O)Cn3ccc4c(SCc5ccc(F)cc5)nccc43)CC2)cc1. The van der Waals surface area contributed by atoms with Crippen LogP contribution in [0.2, 0.25) is 0 Å². The van der Waals surface area contributed by atoms with E-state index in [0.717, 1.165) is 46.0 Å². The highest BCUT2D eigenvalue weighted by Crippen LogP contribution is 2.29. The molecule has 1 aliphatic rings. The van der Waals surface area contributed by atoms with E-state index in [1.165, 1.54) is 12.1 Å². The molecule has 0 saturated carbocycles. The predicted octanol–water partition coefficient (Wildman–Crippen LogP) is 4.83. The Morgan fingerprint density at radius 1 is 1.00 bits per heavy atom. The quantitative estimate of drug-likeness (QED) is 0.348. The fraction of sp³-hybridized carbons (Fsp3) is 0.259. The summed E-state index contributed by atoms with van der Waals surface area (Å²) in [6.07, 6.45) is 3.74. The van der Waals surface area contributed by atoms with E-state index in [1.54, 1.807) is 37.2 Å². The highest BCUT2D eigenvalue weighted by molar-refractivity contribution is 7.98. The van der Waals surface area contributed by atoms with Crippen LogP contribution >= 0.6 is 11.8 Å². The van der Waals surface area contributed by atoms with Gasteiger partial charge < -0.3 is 19.1 Å². The molecule has 3 heterocycles. The second-order valence-corrected chi connectivity index (χ2v) is 9.44. The number of benzene rings is 2. The number of ether oxygens (including phenoxy) is 1. The summed E-state index contributed by atoms with van der Waals surface area (Å²) in [7, 11) is 1.66. The number of amides is 1. The van der Waals surface area contributed by atoms with Gasteiger partial charge in [-0.25, -0.2) is 9.37 Å². The van der Waals surface area contributed by atoms with Gasteiger partial charge in [-0.2, -0.15) is 0 Å². The van der Waals surface area contributed by atoms with Gasteiger partial charge in [-0.1, -0.05) is 12.1 Å². The fourth-order valence-corrected chi connectivity index (χ4v) is 5.29. The average molecular weight is 491 g/mol. The standard InChI is InChI=1S/C27H27FN4O2S/c1-34-23-8-6-22(7-9-23)30-14-16-31(17-15-30)26(33)18-32-13-11-24-25(32)10-12-29-27(24)35-19-20-2-4-21(28)5-3-20/h2-13H,14-19H2,1H3. The molecule has 6 nitrogen and oxygen atoms in total. The van der Waals surface area contributed by atoms with Crippen molar-refractivity contribution in [2.45, 2.75) is 17.3 Å². The van der Waals surface area contributed by atoms with Crippen molar-refractivity contribution in [3.63, 3.8) is 0 Å². The van der Waals surface area contributed by atoms with Crippen molar-refractivity contribution in [2.24, 2.45) is 0 Å². The van der Waals surface area contributed by atoms with Crippen molar-refractivity contribution < 1.29 is 13.9 Å². The summed E-state index contributed by atoms with van der Waals surface area (Å²) in [6.45, 7) is 3.31. The Morgan fingerprint density at radius 3 is 2.46 bits per heavy atom. The molecular formula is C27H27FN4O2S. The fourth-order valence-electron chi connectivity index (χ4n) is 4.33. The third-order valence-corrected chi connectivity index (χ3v) is 7.40. The lowest BCUT2D eigenvalue weighted by Crippen LogP contribution is -2.49. The molecule has 0 spiro atoms. The molecule has 0 unspecified atom stereocenters. The van der Waals surface area contributed by atoms with E-state index in [4.69, 9.17) is 4.74 Å². The molecule has 0 aliphatic carbocycles. The van der Waals surface area contributed by atoms with Gasteiger partial charge in [0.25, 0.3) is 0 Å². The summed E-state index contributed by atoms with van der Waals surface area (Å²) >= 11 is 1.61. The zero-order valence-electron chi connectivity index (χ0n) is 19.6. The molecule has 4 aromatic rings. The minimum Gasteiger partial charge on any atom is -0.497 e. The van der Waals surface area contributed by atoms with Crippen LogP contribution in [0.1, 0.15) is 5.56 Å². The third-order valence-electron chi connectivity index (χ3n) is 6.33. The Kier molecular flexibility index (Phi) is 6.90. The number of methoxy groups -OCH3 is 1. The molecule has 1 aliphatic heterocycles. The minimum atomic E-state index is -0.233. The van der Waals surface area contributed by atoms with Crippen molar-refractivity contribution >= 4 is 34.3 Å². The lowest BCUT2D eigenvalue weighted by molar-refractivity contribution is -0.132. The first-order chi connectivity index (χ1) is 17.1. The molecule has 0 bridgehead atoms. The maximum Gasteiger partial charge on any atom is 0.242 e. The maximum absolute atomic E-state index is 13.2. The zero-order chi connectivity index (χ0) is 24.2. The Balaban J connectivity index is 1.20. The van der Waals surface area contributed by atoms with Crippen LogP contribution in [0.25, 0.3) is 10.9 Å². The highest BCUT2D eigenvalue weighted by atomic mass is 32.2. The van der Waals surface area contributed by atoms with E-state index < -0.39 is 0 Å². The molecule has 1 fully saturated rings. The van der Waals surface area contributed by atoms with Crippen molar-refractivity contribution in [1.82, 2.24) is 14.5 Å². The number of piperazine rings is 1. The van der Waals surface area contributed by atoms with E-state index in [0.29, 0.717) is 25.4 Å². The van der Waals surface area contributed by atoms with Crippen molar-refractivity contribution in [3.8, 4) is 5.75 Å². The Bertz CT molecular complexity index is 1300. The summed E-state index contributed by atoms with van der Waals surface area (Å²) < 4.78 is 20.4. The van der Waals surface area contributed by atoms with Crippen LogP contribution in [0.3, 0.4) is 0 Å². The van der Waals surface area contributed by atoms with Gasteiger partial charge >= 0.3 is 0 Å². The first-order valence-corrected chi connectivity index (χ1v) is 12.6. The molecule has 180 valence electrons. The number of rotatable bonds is 7. The number of halogens is 1. The van der Waals surface area contributed by atoms with Gasteiger partial charge in [0.05, 0.1) is 12.6 Å². The number of nitrogens with zero attached hydrogens (tertiary/aromatic N) is 4. The minimum absolute atomic E-state index is 0.120. The van der Waals surface area contributed by atoms with Gasteiger partial charge in [0, 0.05) is 55.4 Å². The molecule has 2 aromatic heterocycles. The molecule has 5 rings (SSSR count). The average Bonchev–Trinajstić information content (AvgIpc) is 3.32. The molecule has 35 heavy (non-hydrogen) atoms. The summed E-state index contributed by atoms with van der Waals surface area (Å²) in [4.78, 5) is 21.9. The smallest absolute Gasteiger partial charge is 0.242 e. The largest absolute Gasteiger partial charge is 0.497 e. The van der Waals surface area contributed by atoms with Gasteiger partial charge in [0.2, 0.25) is 5.91 Å². The van der Waals surface area contributed by atoms with E-state index in [-0.39, 0.29) is 11.7 Å². The number of aromatic nitrogens is 2. The summed E-state index contributed by atoms with van der Waals surface area (Å²) in [5.41, 5.74) is 3.18. The van der Waals surface area contributed by atoms with Crippen LogP contribution in [0.15, 0.2) is 78.1 Å². The van der Waals surface area contributed by atoms with Crippen LogP contribution < -0.4 is 9.64 Å². The monoisotopic (exact) mass is 490 g/mol. The third kappa shape index (κ3) is 5.27. The number of anilines is 1. The lowest BCUT2D eigenvalue weighted by Gasteiger charge is -2.36. The molecular weight excluding hydrogens is 463 g/mol. The Morgan fingerprint density at radius 2 is 1.74 bits per heavy atom. The van der Waals surface area contributed by atoms with Crippen LogP contribution in [0.4, 0.5) is 10.1 Å². The van der Waals surface area contributed by atoms with E-state index in [2.05, 4.69) is 22.0 Å². The number of carbonyl (C=O) groups excluding carboxylic acids is 1. The number of pyridine rings is 1. The van der Waals surface area contributed by atoms with Crippen molar-refractivity contribution in [3.05, 3.63) is 84.4 Å². The first kappa shape index (κ1) is 23.2. The summed E-state index contributed by atoms with van der Waals surface area (Å²) in [5.74, 6) is 1.43. The molecule has 0 atom stereocenters. The molecule has 1 amide bonds. The Labute approximate surface area is 208 Å². The number of hydrogen-bond donors (Lipinski definition) is 0. The van der Waals surface area contributed by atoms with E-state index >= 15 is 0 Å². The molecule has 0 N–H and O–H groups in total. The number of carbonyl (C=O) groups is 1. The molecule has 0 radical (unpaired) electrons. The number of fused-ring (bicyclic) bond motifs is 1. The van der Waals surface area contributed by atoms with Crippen LogP contribution in [0, 0.1) is 5.82 Å². The molecule has 1 saturated heterocycles. The van der Waals surface area contributed by atoms with Gasteiger partial charge in [0.15, 0.2) is 0 Å². The topological polar surface area (TPSA) is 50.6 Å². The second kappa shape index (κ2) is 10.4. The number of hydrogen-bond acceptors (Lipinski definition) is 5. The van der Waals surface area contributed by atoms with Gasteiger partial charge in [-0.15, -0.1) is 11.8 Å². The van der Waals surface area contributed by atoms with Crippen LogP contribution in [-0.2, 0) is 17.1 Å². The van der Waals surface area contributed by atoms with E-state index in [9.17, 15) is 9.18 Å². The van der Waals surface area contributed by atoms with Crippen LogP contribution in [-0.4, -0.2) is 53.6 Å². The summed E-state index contributed by atoms with van der Waals surface area (Å²) in [5, 5.41) is 1.93. The van der Waals surface area contributed by atoms with Crippen molar-refractivity contribution in [1.29, 1.82) is 0 Å². The zero-order valence-corrected chi connectivity index (χ0v) is 20.4. The predicted molar refractivity (Wildman–Crippen MR) is 137 cm³/mol. The second-order valence-electron chi connectivity index (χ2n) is 8.47. The summed E-state index contributed by atoms with van der Waals surface area (Å²) in [6, 6.07) is 18.5. The van der Waals surface area contributed by atoms with Crippen molar-refractivity contribution in [2.75, 3.05) is 38.2 Å². The Hall–Kier alpha value is -3.52. The molecule has 2 aromatic carbocycles. The normalized spacial score (nSPS) is 13.9. The van der Waals surface area contributed by atoms with Gasteiger partial charge in [-0.05, 0) is 54.1 Å². The van der Waals surface area contributed by atoms with Crippen LogP contribution in [0.5, 0.6) is 5.75 Å². The van der Waals surface area contributed by atoms with E-state index in [1.807, 2.05) is 39.9 Å². The maximum atomic E-state index is 13.2. The highest BCUT2D eigenvalue weighted by Gasteiger charge is 2.22. The number of thioether (sulfide) groups is 1. The lowest BCUT2D eigenvalue weighted by atomic mass is 10.2. The van der Waals surface area contributed by atoms with Gasteiger partial charge in [0.1, 0.15) is 23.1 Å².